The van der Waals surface area contributed by atoms with Gasteiger partial charge in [0.25, 0.3) is 10.0 Å². The van der Waals surface area contributed by atoms with Gasteiger partial charge in [0.05, 0.1) is 12.2 Å². The molecule has 3 rings (SSSR count). The average Bonchev–Trinajstić information content (AvgIpc) is 2.55. The van der Waals surface area contributed by atoms with Crippen LogP contribution >= 0.6 is 11.6 Å². The van der Waals surface area contributed by atoms with Crippen molar-refractivity contribution in [1.82, 2.24) is 4.90 Å². The highest BCUT2D eigenvalue weighted by Crippen LogP contribution is 2.27. The zero-order chi connectivity index (χ0) is 17.2. The van der Waals surface area contributed by atoms with E-state index in [0.29, 0.717) is 29.6 Å². The third-order valence-corrected chi connectivity index (χ3v) is 5.59. The molecule has 0 saturated carbocycles. The molecular formula is C17H18ClN3O2S. The van der Waals surface area contributed by atoms with Crippen LogP contribution in [0.1, 0.15) is 12.5 Å². The fraction of sp³-hybridized carbons (Fsp3) is 0.235. The van der Waals surface area contributed by atoms with Crippen LogP contribution in [-0.4, -0.2) is 32.2 Å². The van der Waals surface area contributed by atoms with Crippen LogP contribution in [0.5, 0.6) is 0 Å². The van der Waals surface area contributed by atoms with E-state index in [1.54, 1.807) is 24.3 Å². The molecule has 0 radical (unpaired) electrons. The highest BCUT2D eigenvalue weighted by molar-refractivity contribution is 7.90. The van der Waals surface area contributed by atoms with E-state index in [-0.39, 0.29) is 4.90 Å². The Kier molecular flexibility index (Phi) is 4.89. The van der Waals surface area contributed by atoms with Crippen molar-refractivity contribution in [2.75, 3.05) is 18.4 Å². The summed E-state index contributed by atoms with van der Waals surface area (Å²) in [6.07, 6.45) is 0. The first-order valence-corrected chi connectivity index (χ1v) is 9.47. The number of sulfonamides is 1. The minimum absolute atomic E-state index is 0.211. The Hall–Kier alpha value is -1.89. The monoisotopic (exact) mass is 363 g/mol. The number of anilines is 1. The predicted molar refractivity (Wildman–Crippen MR) is 97.1 cm³/mol. The molecule has 5 nitrogen and oxygen atoms in total. The van der Waals surface area contributed by atoms with Gasteiger partial charge in [-0.05, 0) is 30.3 Å². The maximum absolute atomic E-state index is 12.3. The fourth-order valence-corrected chi connectivity index (χ4v) is 3.93. The van der Waals surface area contributed by atoms with Crippen molar-refractivity contribution < 1.29 is 8.42 Å². The lowest BCUT2D eigenvalue weighted by Gasteiger charge is -2.25. The molecule has 0 spiro atoms. The maximum Gasteiger partial charge on any atom is 0.286 e. The van der Waals surface area contributed by atoms with Crippen molar-refractivity contribution >= 4 is 33.1 Å². The summed E-state index contributed by atoms with van der Waals surface area (Å²) in [7, 11) is -3.65. The molecule has 2 aromatic carbocycles. The van der Waals surface area contributed by atoms with Gasteiger partial charge in [-0.2, -0.15) is 8.42 Å². The van der Waals surface area contributed by atoms with E-state index >= 15 is 0 Å². The van der Waals surface area contributed by atoms with E-state index in [0.717, 1.165) is 12.1 Å². The van der Waals surface area contributed by atoms with Crippen molar-refractivity contribution in [1.29, 1.82) is 0 Å². The molecular weight excluding hydrogens is 346 g/mol. The summed E-state index contributed by atoms with van der Waals surface area (Å²) in [5, 5.41) is 3.82. The van der Waals surface area contributed by atoms with Crippen LogP contribution in [0.2, 0.25) is 5.02 Å². The SMILES string of the molecule is CCN(CC1=NS(=O)(=O)c2ccccc2N1)Cc1ccccc1Cl. The fourth-order valence-electron chi connectivity index (χ4n) is 2.59. The minimum Gasteiger partial charge on any atom is -0.341 e. The molecule has 0 aromatic heterocycles. The summed E-state index contributed by atoms with van der Waals surface area (Å²) in [5.74, 6) is 0.419. The molecule has 0 saturated heterocycles. The highest BCUT2D eigenvalue weighted by atomic mass is 35.5. The second-order valence-electron chi connectivity index (χ2n) is 5.53. The minimum atomic E-state index is -3.65. The number of halogens is 1. The van der Waals surface area contributed by atoms with Gasteiger partial charge in [-0.15, -0.1) is 4.40 Å². The number of nitrogens with zero attached hydrogens (tertiary/aromatic N) is 2. The number of rotatable bonds is 5. The van der Waals surface area contributed by atoms with E-state index in [1.165, 1.54) is 0 Å². The second kappa shape index (κ2) is 6.93. The molecule has 0 amide bonds. The lowest BCUT2D eigenvalue weighted by atomic mass is 10.2. The van der Waals surface area contributed by atoms with Crippen molar-refractivity contribution in [3.63, 3.8) is 0 Å². The van der Waals surface area contributed by atoms with Crippen LogP contribution in [0.25, 0.3) is 0 Å². The normalized spacial score (nSPS) is 15.5. The van der Waals surface area contributed by atoms with Crippen molar-refractivity contribution in [3.8, 4) is 0 Å². The first-order valence-electron chi connectivity index (χ1n) is 7.65. The Bertz CT molecular complexity index is 881. The van der Waals surface area contributed by atoms with E-state index < -0.39 is 10.0 Å². The molecule has 1 aliphatic rings. The average molecular weight is 364 g/mol. The first-order chi connectivity index (χ1) is 11.5. The van der Waals surface area contributed by atoms with Crippen LogP contribution < -0.4 is 5.32 Å². The first kappa shape index (κ1) is 17.0. The summed E-state index contributed by atoms with van der Waals surface area (Å²) < 4.78 is 28.5. The summed E-state index contributed by atoms with van der Waals surface area (Å²) in [4.78, 5) is 2.29. The molecule has 126 valence electrons. The Morgan fingerprint density at radius 2 is 1.79 bits per heavy atom. The number of para-hydroxylation sites is 1. The van der Waals surface area contributed by atoms with Crippen LogP contribution in [0.4, 0.5) is 5.69 Å². The molecule has 1 heterocycles. The smallest absolute Gasteiger partial charge is 0.286 e. The van der Waals surface area contributed by atoms with Gasteiger partial charge >= 0.3 is 0 Å². The Morgan fingerprint density at radius 1 is 1.08 bits per heavy atom. The molecule has 0 atom stereocenters. The van der Waals surface area contributed by atoms with Gasteiger partial charge in [0, 0.05) is 11.6 Å². The third kappa shape index (κ3) is 3.61. The van der Waals surface area contributed by atoms with Crippen LogP contribution in [0.15, 0.2) is 57.8 Å². The number of amidine groups is 1. The van der Waals surface area contributed by atoms with Gasteiger partial charge in [0.2, 0.25) is 0 Å². The van der Waals surface area contributed by atoms with E-state index in [1.807, 2.05) is 31.2 Å². The zero-order valence-electron chi connectivity index (χ0n) is 13.2. The summed E-state index contributed by atoms with van der Waals surface area (Å²) >= 11 is 6.21. The number of nitrogens with one attached hydrogen (secondary N) is 1. The quantitative estimate of drug-likeness (QED) is 0.884. The summed E-state index contributed by atoms with van der Waals surface area (Å²) in [6, 6.07) is 14.4. The molecule has 0 fully saturated rings. The summed E-state index contributed by atoms with van der Waals surface area (Å²) in [6.45, 7) is 3.78. The Labute approximate surface area is 147 Å². The van der Waals surface area contributed by atoms with Crippen molar-refractivity contribution in [2.24, 2.45) is 4.40 Å². The predicted octanol–water partition coefficient (Wildman–Crippen LogP) is 3.37. The number of benzene rings is 2. The van der Waals surface area contributed by atoms with E-state index in [9.17, 15) is 8.42 Å². The molecule has 1 N–H and O–H groups in total. The Morgan fingerprint density at radius 3 is 2.54 bits per heavy atom. The van der Waals surface area contributed by atoms with Crippen LogP contribution in [0, 0.1) is 0 Å². The van der Waals surface area contributed by atoms with E-state index in [4.69, 9.17) is 11.6 Å². The largest absolute Gasteiger partial charge is 0.341 e. The lowest BCUT2D eigenvalue weighted by Crippen LogP contribution is -2.35. The number of hydrogen-bond acceptors (Lipinski definition) is 4. The summed E-state index contributed by atoms with van der Waals surface area (Å²) in [5.41, 5.74) is 1.57. The van der Waals surface area contributed by atoms with Gasteiger partial charge in [-0.25, -0.2) is 0 Å². The van der Waals surface area contributed by atoms with Gasteiger partial charge < -0.3 is 5.32 Å². The highest BCUT2D eigenvalue weighted by Gasteiger charge is 2.25. The standard InChI is InChI=1S/C17H18ClN3O2S/c1-2-21(11-13-7-3-4-8-14(13)18)12-17-19-15-9-5-6-10-16(15)24(22,23)20-17/h3-10H,2,11-12H2,1H3,(H,19,20). The third-order valence-electron chi connectivity index (χ3n) is 3.85. The number of likely N-dealkylation sites (N-methyl/N-ethyl adjacent to an activating group) is 1. The molecule has 7 heteroatoms. The zero-order valence-corrected chi connectivity index (χ0v) is 14.8. The van der Waals surface area contributed by atoms with Gasteiger partial charge in [-0.3, -0.25) is 4.90 Å². The molecule has 0 bridgehead atoms. The lowest BCUT2D eigenvalue weighted by molar-refractivity contribution is 0.320. The molecule has 1 aliphatic heterocycles. The van der Waals surface area contributed by atoms with Crippen molar-refractivity contribution in [3.05, 3.63) is 59.1 Å². The van der Waals surface area contributed by atoms with Gasteiger partial charge in [-0.1, -0.05) is 48.9 Å². The molecule has 2 aromatic rings. The molecule has 24 heavy (non-hydrogen) atoms. The molecule has 0 aliphatic carbocycles. The number of fused-ring (bicyclic) bond motifs is 1. The van der Waals surface area contributed by atoms with Crippen LogP contribution in [0.3, 0.4) is 0 Å². The van der Waals surface area contributed by atoms with Crippen LogP contribution in [-0.2, 0) is 16.6 Å². The van der Waals surface area contributed by atoms with Gasteiger partial charge in [0.1, 0.15) is 10.7 Å². The molecule has 0 unspecified atom stereocenters. The number of hydrogen-bond donors (Lipinski definition) is 1. The Balaban J connectivity index is 1.80. The van der Waals surface area contributed by atoms with Gasteiger partial charge in [0.15, 0.2) is 0 Å². The topological polar surface area (TPSA) is 61.8 Å². The second-order valence-corrected chi connectivity index (χ2v) is 7.51. The maximum atomic E-state index is 12.3. The van der Waals surface area contributed by atoms with E-state index in [2.05, 4.69) is 14.6 Å². The van der Waals surface area contributed by atoms with Crippen molar-refractivity contribution in [2.45, 2.75) is 18.4 Å².